The summed E-state index contributed by atoms with van der Waals surface area (Å²) in [7, 11) is 0. The van der Waals surface area contributed by atoms with Crippen molar-refractivity contribution in [1.82, 2.24) is 4.90 Å². The fourth-order valence-electron chi connectivity index (χ4n) is 2.63. The largest absolute Gasteiger partial charge is 0.296 e. The van der Waals surface area contributed by atoms with Crippen LogP contribution in [-0.4, -0.2) is 24.0 Å². The molecule has 0 unspecified atom stereocenters. The first-order valence-corrected chi connectivity index (χ1v) is 5.27. The van der Waals surface area contributed by atoms with Gasteiger partial charge >= 0.3 is 0 Å². The monoisotopic (exact) mass is 165 g/mol. The van der Waals surface area contributed by atoms with E-state index in [1.165, 1.54) is 38.8 Å². The lowest BCUT2D eigenvalue weighted by Gasteiger charge is -2.50. The van der Waals surface area contributed by atoms with Crippen LogP contribution in [0, 0.1) is 5.92 Å². The van der Waals surface area contributed by atoms with Gasteiger partial charge in [-0.25, -0.2) is 0 Å². The van der Waals surface area contributed by atoms with Crippen molar-refractivity contribution in [3.63, 3.8) is 0 Å². The first-order chi connectivity index (χ1) is 5.92. The topological polar surface area (TPSA) is 3.24 Å². The molecule has 2 fully saturated rings. The average Bonchev–Trinajstić information content (AvgIpc) is 2.07. The van der Waals surface area contributed by atoms with Crippen molar-refractivity contribution in [3.05, 3.63) is 12.2 Å². The SMILES string of the molecule is C/C=C/CN1C[C@H]2CCCC[C@H]21. The average molecular weight is 165 g/mol. The predicted octanol–water partition coefficient (Wildman–Crippen LogP) is 2.44. The Morgan fingerprint density at radius 3 is 2.92 bits per heavy atom. The third-order valence-corrected chi connectivity index (χ3v) is 3.38. The summed E-state index contributed by atoms with van der Waals surface area (Å²) >= 11 is 0. The quantitative estimate of drug-likeness (QED) is 0.568. The molecule has 2 aliphatic rings. The van der Waals surface area contributed by atoms with Crippen LogP contribution in [0.15, 0.2) is 12.2 Å². The summed E-state index contributed by atoms with van der Waals surface area (Å²) in [6.07, 6.45) is 10.4. The van der Waals surface area contributed by atoms with Gasteiger partial charge in [-0.2, -0.15) is 0 Å². The van der Waals surface area contributed by atoms with Crippen molar-refractivity contribution in [3.8, 4) is 0 Å². The molecule has 0 amide bonds. The highest BCUT2D eigenvalue weighted by Crippen LogP contribution is 2.36. The van der Waals surface area contributed by atoms with Gasteiger partial charge in [0.1, 0.15) is 0 Å². The van der Waals surface area contributed by atoms with Gasteiger partial charge < -0.3 is 0 Å². The standard InChI is InChI=1S/C11H19N/c1-2-3-8-12-9-10-6-4-5-7-11(10)12/h2-3,10-11H,4-9H2,1H3/b3-2+/t10-,11-/m1/s1. The molecule has 0 aromatic carbocycles. The highest BCUT2D eigenvalue weighted by atomic mass is 15.2. The molecular formula is C11H19N. The van der Waals surface area contributed by atoms with E-state index in [4.69, 9.17) is 0 Å². The Morgan fingerprint density at radius 1 is 1.33 bits per heavy atom. The lowest BCUT2D eigenvalue weighted by molar-refractivity contribution is -0.00430. The Bertz CT molecular complexity index is 174. The molecule has 1 aliphatic heterocycles. The van der Waals surface area contributed by atoms with Gasteiger partial charge in [-0.1, -0.05) is 25.0 Å². The Labute approximate surface area is 75.4 Å². The van der Waals surface area contributed by atoms with Gasteiger partial charge in [0.25, 0.3) is 0 Å². The van der Waals surface area contributed by atoms with Crippen molar-refractivity contribution in [1.29, 1.82) is 0 Å². The fourth-order valence-corrected chi connectivity index (χ4v) is 2.63. The van der Waals surface area contributed by atoms with Crippen molar-refractivity contribution in [2.75, 3.05) is 13.1 Å². The molecule has 0 aromatic rings. The van der Waals surface area contributed by atoms with Gasteiger partial charge in [0.2, 0.25) is 0 Å². The summed E-state index contributed by atoms with van der Waals surface area (Å²) in [6.45, 7) is 4.67. The molecule has 68 valence electrons. The second kappa shape index (κ2) is 3.61. The van der Waals surface area contributed by atoms with Crippen LogP contribution < -0.4 is 0 Å². The summed E-state index contributed by atoms with van der Waals surface area (Å²) < 4.78 is 0. The summed E-state index contributed by atoms with van der Waals surface area (Å²) in [5, 5.41) is 0. The van der Waals surface area contributed by atoms with E-state index in [2.05, 4.69) is 24.0 Å². The van der Waals surface area contributed by atoms with E-state index in [0.717, 1.165) is 12.0 Å². The minimum absolute atomic E-state index is 0.954. The number of allylic oxidation sites excluding steroid dienone is 1. The highest BCUT2D eigenvalue weighted by Gasteiger charge is 2.38. The minimum Gasteiger partial charge on any atom is -0.296 e. The van der Waals surface area contributed by atoms with Gasteiger partial charge in [-0.05, 0) is 25.7 Å². The molecule has 0 N–H and O–H groups in total. The normalized spacial score (nSPS) is 36.4. The lowest BCUT2D eigenvalue weighted by atomic mass is 9.77. The zero-order chi connectivity index (χ0) is 8.39. The molecule has 1 heteroatoms. The highest BCUT2D eigenvalue weighted by molar-refractivity contribution is 4.97. The van der Waals surface area contributed by atoms with Crippen molar-refractivity contribution in [2.24, 2.45) is 5.92 Å². The molecule has 12 heavy (non-hydrogen) atoms. The van der Waals surface area contributed by atoms with Gasteiger partial charge in [0.15, 0.2) is 0 Å². The minimum atomic E-state index is 0.954. The maximum atomic E-state index is 2.63. The zero-order valence-electron chi connectivity index (χ0n) is 8.00. The summed E-state index contributed by atoms with van der Waals surface area (Å²) in [5.41, 5.74) is 0. The maximum Gasteiger partial charge on any atom is 0.0166 e. The van der Waals surface area contributed by atoms with Gasteiger partial charge in [-0.3, -0.25) is 4.90 Å². The van der Waals surface area contributed by atoms with E-state index in [0.29, 0.717) is 0 Å². The van der Waals surface area contributed by atoms with Crippen LogP contribution in [0.2, 0.25) is 0 Å². The van der Waals surface area contributed by atoms with Crippen LogP contribution in [0.4, 0.5) is 0 Å². The first kappa shape index (κ1) is 8.31. The molecule has 1 saturated carbocycles. The number of nitrogens with zero attached hydrogens (tertiary/aromatic N) is 1. The number of fused-ring (bicyclic) bond motifs is 1. The van der Waals surface area contributed by atoms with E-state index in [9.17, 15) is 0 Å². The Balaban J connectivity index is 1.80. The van der Waals surface area contributed by atoms with E-state index in [1.54, 1.807) is 0 Å². The van der Waals surface area contributed by atoms with Crippen molar-refractivity contribution in [2.45, 2.75) is 38.6 Å². The Morgan fingerprint density at radius 2 is 2.17 bits per heavy atom. The maximum absolute atomic E-state index is 2.63. The molecule has 2 rings (SSSR count). The van der Waals surface area contributed by atoms with Gasteiger partial charge in [0, 0.05) is 19.1 Å². The van der Waals surface area contributed by atoms with E-state index >= 15 is 0 Å². The molecule has 0 spiro atoms. The van der Waals surface area contributed by atoms with E-state index in [-0.39, 0.29) is 0 Å². The van der Waals surface area contributed by atoms with Crippen LogP contribution in [0.1, 0.15) is 32.6 Å². The fraction of sp³-hybridized carbons (Fsp3) is 0.818. The molecule has 0 aromatic heterocycles. The Hall–Kier alpha value is -0.300. The molecule has 0 bridgehead atoms. The number of hydrogen-bond donors (Lipinski definition) is 0. The molecule has 2 atom stereocenters. The second-order valence-corrected chi connectivity index (χ2v) is 4.13. The van der Waals surface area contributed by atoms with Crippen LogP contribution >= 0.6 is 0 Å². The van der Waals surface area contributed by atoms with E-state index in [1.807, 2.05) is 0 Å². The van der Waals surface area contributed by atoms with E-state index < -0.39 is 0 Å². The summed E-state index contributed by atoms with van der Waals surface area (Å²) in [5.74, 6) is 1.06. The van der Waals surface area contributed by atoms with Crippen molar-refractivity contribution < 1.29 is 0 Å². The van der Waals surface area contributed by atoms with Crippen LogP contribution in [0.25, 0.3) is 0 Å². The van der Waals surface area contributed by atoms with Gasteiger partial charge in [-0.15, -0.1) is 0 Å². The number of rotatable bonds is 2. The summed E-state index contributed by atoms with van der Waals surface area (Å²) in [4.78, 5) is 2.63. The lowest BCUT2D eigenvalue weighted by Crippen LogP contribution is -2.57. The van der Waals surface area contributed by atoms with Crippen LogP contribution in [0.3, 0.4) is 0 Å². The molecule has 0 radical (unpaired) electrons. The van der Waals surface area contributed by atoms with Crippen molar-refractivity contribution >= 4 is 0 Å². The van der Waals surface area contributed by atoms with Gasteiger partial charge in [0.05, 0.1) is 0 Å². The molecule has 1 saturated heterocycles. The molecule has 1 nitrogen and oxygen atoms in total. The van der Waals surface area contributed by atoms with Crippen LogP contribution in [-0.2, 0) is 0 Å². The number of likely N-dealkylation sites (tertiary alicyclic amines) is 1. The third kappa shape index (κ3) is 1.42. The molecule has 1 heterocycles. The second-order valence-electron chi connectivity index (χ2n) is 4.13. The Kier molecular flexibility index (Phi) is 2.50. The van der Waals surface area contributed by atoms with Crippen LogP contribution in [0.5, 0.6) is 0 Å². The number of hydrogen-bond acceptors (Lipinski definition) is 1. The first-order valence-electron chi connectivity index (χ1n) is 5.27. The predicted molar refractivity (Wildman–Crippen MR) is 52.1 cm³/mol. The zero-order valence-corrected chi connectivity index (χ0v) is 8.00. The third-order valence-electron chi connectivity index (χ3n) is 3.38. The molecule has 1 aliphatic carbocycles. The summed E-state index contributed by atoms with van der Waals surface area (Å²) in [6, 6.07) is 0.954. The smallest absolute Gasteiger partial charge is 0.0166 e. The molecular weight excluding hydrogens is 146 g/mol.